The zero-order valence-electron chi connectivity index (χ0n) is 11.5. The predicted octanol–water partition coefficient (Wildman–Crippen LogP) is 5.17. The van der Waals surface area contributed by atoms with Crippen LogP contribution in [0.1, 0.15) is 39.7 Å². The molecule has 18 heavy (non-hydrogen) atoms. The molecule has 1 rings (SSSR count). The molecule has 0 aromatic heterocycles. The molecule has 3 heteroatoms. The second kappa shape index (κ2) is 6.60. The third-order valence-electron chi connectivity index (χ3n) is 2.61. The van der Waals surface area contributed by atoms with Crippen molar-refractivity contribution in [3.8, 4) is 0 Å². The van der Waals surface area contributed by atoms with E-state index in [0.29, 0.717) is 10.0 Å². The van der Waals surface area contributed by atoms with E-state index in [9.17, 15) is 0 Å². The van der Waals surface area contributed by atoms with E-state index < -0.39 is 0 Å². The van der Waals surface area contributed by atoms with Gasteiger partial charge >= 0.3 is 0 Å². The Balaban J connectivity index is 2.80. The Kier molecular flexibility index (Phi) is 5.71. The van der Waals surface area contributed by atoms with Gasteiger partial charge in [-0.2, -0.15) is 0 Å². The van der Waals surface area contributed by atoms with Gasteiger partial charge in [-0.3, -0.25) is 0 Å². The summed E-state index contributed by atoms with van der Waals surface area (Å²) in [6.07, 6.45) is 3.18. The summed E-state index contributed by atoms with van der Waals surface area (Å²) >= 11 is 11.9. The van der Waals surface area contributed by atoms with Crippen molar-refractivity contribution < 1.29 is 0 Å². The van der Waals surface area contributed by atoms with Crippen LogP contribution >= 0.6 is 23.2 Å². The van der Waals surface area contributed by atoms with Crippen LogP contribution in [0.25, 0.3) is 6.08 Å². The third kappa shape index (κ3) is 5.43. The van der Waals surface area contributed by atoms with Gasteiger partial charge in [0.25, 0.3) is 0 Å². The van der Waals surface area contributed by atoms with E-state index in [-0.39, 0.29) is 5.54 Å². The summed E-state index contributed by atoms with van der Waals surface area (Å²) in [5.41, 5.74) is 2.58. The lowest BCUT2D eigenvalue weighted by atomic mass is 10.1. The Morgan fingerprint density at radius 3 is 2.39 bits per heavy atom. The second-order valence-electron chi connectivity index (χ2n) is 5.43. The molecule has 0 heterocycles. The van der Waals surface area contributed by atoms with E-state index in [4.69, 9.17) is 23.2 Å². The van der Waals surface area contributed by atoms with Crippen LogP contribution in [-0.2, 0) is 0 Å². The van der Waals surface area contributed by atoms with Gasteiger partial charge in [0.1, 0.15) is 0 Å². The van der Waals surface area contributed by atoms with Crippen LogP contribution in [0.4, 0.5) is 0 Å². The largest absolute Gasteiger partial charge is 0.308 e. The topological polar surface area (TPSA) is 12.0 Å². The first kappa shape index (κ1) is 15.6. The Morgan fingerprint density at radius 2 is 1.89 bits per heavy atom. The fourth-order valence-electron chi connectivity index (χ4n) is 1.49. The fourth-order valence-corrected chi connectivity index (χ4v) is 1.80. The Morgan fingerprint density at radius 1 is 1.22 bits per heavy atom. The van der Waals surface area contributed by atoms with Crippen LogP contribution in [0, 0.1) is 0 Å². The molecule has 0 aliphatic rings. The summed E-state index contributed by atoms with van der Waals surface area (Å²) in [6, 6.07) is 5.72. The molecule has 0 aliphatic carbocycles. The second-order valence-corrected chi connectivity index (χ2v) is 6.25. The minimum atomic E-state index is 0.131. The average Bonchev–Trinajstić information content (AvgIpc) is 2.28. The first-order valence-corrected chi connectivity index (χ1v) is 6.97. The summed E-state index contributed by atoms with van der Waals surface area (Å²) in [5, 5.41) is 4.69. The van der Waals surface area contributed by atoms with Crippen LogP contribution in [0.3, 0.4) is 0 Å². The van der Waals surface area contributed by atoms with E-state index in [2.05, 4.69) is 39.1 Å². The van der Waals surface area contributed by atoms with Crippen molar-refractivity contribution in [2.24, 2.45) is 0 Å². The lowest BCUT2D eigenvalue weighted by Crippen LogP contribution is -2.36. The lowest BCUT2D eigenvalue weighted by Gasteiger charge is -2.21. The molecule has 1 nitrogen and oxygen atoms in total. The predicted molar refractivity (Wildman–Crippen MR) is 82.5 cm³/mol. The van der Waals surface area contributed by atoms with Gasteiger partial charge in [0, 0.05) is 12.1 Å². The monoisotopic (exact) mass is 285 g/mol. The molecule has 0 amide bonds. The quantitative estimate of drug-likeness (QED) is 0.804. The van der Waals surface area contributed by atoms with Crippen LogP contribution in [0.15, 0.2) is 23.8 Å². The fraction of sp³-hybridized carbons (Fsp3) is 0.467. The van der Waals surface area contributed by atoms with Gasteiger partial charge in [0.2, 0.25) is 0 Å². The minimum Gasteiger partial charge on any atom is -0.308 e. The Hall–Kier alpha value is -0.500. The molecule has 0 spiro atoms. The van der Waals surface area contributed by atoms with E-state index >= 15 is 0 Å². The van der Waals surface area contributed by atoms with Crippen LogP contribution < -0.4 is 5.32 Å². The van der Waals surface area contributed by atoms with Gasteiger partial charge in [0.15, 0.2) is 0 Å². The maximum Gasteiger partial charge on any atom is 0.0598 e. The molecule has 0 bridgehead atoms. The van der Waals surface area contributed by atoms with Crippen molar-refractivity contribution in [3.05, 3.63) is 39.4 Å². The number of halogens is 2. The molecular formula is C15H21Cl2N. The molecule has 0 saturated heterocycles. The van der Waals surface area contributed by atoms with Gasteiger partial charge in [-0.05, 0) is 44.9 Å². The first-order chi connectivity index (χ1) is 8.31. The third-order valence-corrected chi connectivity index (χ3v) is 3.35. The normalized spacial score (nSPS) is 12.9. The van der Waals surface area contributed by atoms with Crippen molar-refractivity contribution >= 4 is 29.3 Å². The highest BCUT2D eigenvalue weighted by molar-refractivity contribution is 6.42. The molecule has 100 valence electrons. The highest BCUT2D eigenvalue weighted by Gasteiger charge is 2.08. The molecule has 1 aromatic carbocycles. The molecule has 1 aromatic rings. The lowest BCUT2D eigenvalue weighted by molar-refractivity contribution is 0.443. The standard InChI is InChI=1S/C15H21Cl2N/c1-5-11(10-18-15(2,3)4)8-12-6-7-13(16)14(17)9-12/h6-9,18H,5,10H2,1-4H3. The summed E-state index contributed by atoms with van der Waals surface area (Å²) < 4.78 is 0. The van der Waals surface area contributed by atoms with E-state index in [1.165, 1.54) is 5.57 Å². The van der Waals surface area contributed by atoms with E-state index in [0.717, 1.165) is 18.5 Å². The number of hydrogen-bond acceptors (Lipinski definition) is 1. The smallest absolute Gasteiger partial charge is 0.0598 e. The first-order valence-electron chi connectivity index (χ1n) is 6.21. The number of nitrogens with one attached hydrogen (secondary N) is 1. The summed E-state index contributed by atoms with van der Waals surface area (Å²) in [7, 11) is 0. The molecule has 0 radical (unpaired) electrons. The maximum atomic E-state index is 6.01. The van der Waals surface area contributed by atoms with E-state index in [1.807, 2.05) is 18.2 Å². The molecule has 0 atom stereocenters. The van der Waals surface area contributed by atoms with Crippen molar-refractivity contribution in [1.82, 2.24) is 5.32 Å². The van der Waals surface area contributed by atoms with Crippen molar-refractivity contribution in [3.63, 3.8) is 0 Å². The number of hydrogen-bond donors (Lipinski definition) is 1. The zero-order chi connectivity index (χ0) is 13.8. The van der Waals surface area contributed by atoms with Crippen molar-refractivity contribution in [2.45, 2.75) is 39.7 Å². The summed E-state index contributed by atoms with van der Waals surface area (Å²) in [4.78, 5) is 0. The highest BCUT2D eigenvalue weighted by Crippen LogP contribution is 2.24. The molecule has 0 aliphatic heterocycles. The summed E-state index contributed by atoms with van der Waals surface area (Å²) in [6.45, 7) is 9.55. The summed E-state index contributed by atoms with van der Waals surface area (Å²) in [5.74, 6) is 0. The average molecular weight is 286 g/mol. The molecule has 0 unspecified atom stereocenters. The van der Waals surface area contributed by atoms with E-state index in [1.54, 1.807) is 0 Å². The zero-order valence-corrected chi connectivity index (χ0v) is 13.0. The van der Waals surface area contributed by atoms with Crippen molar-refractivity contribution in [1.29, 1.82) is 0 Å². The number of benzene rings is 1. The maximum absolute atomic E-state index is 6.01. The van der Waals surface area contributed by atoms with Gasteiger partial charge < -0.3 is 5.32 Å². The molecular weight excluding hydrogens is 265 g/mol. The van der Waals surface area contributed by atoms with Gasteiger partial charge in [-0.1, -0.05) is 47.8 Å². The molecule has 1 N–H and O–H groups in total. The Labute approximate surface area is 120 Å². The van der Waals surface area contributed by atoms with Crippen LogP contribution in [0.2, 0.25) is 10.0 Å². The molecule has 0 saturated carbocycles. The van der Waals surface area contributed by atoms with Gasteiger partial charge in [-0.25, -0.2) is 0 Å². The van der Waals surface area contributed by atoms with Crippen LogP contribution in [0.5, 0.6) is 0 Å². The minimum absolute atomic E-state index is 0.131. The molecule has 0 fully saturated rings. The van der Waals surface area contributed by atoms with Crippen molar-refractivity contribution in [2.75, 3.05) is 6.54 Å². The number of rotatable bonds is 4. The van der Waals surface area contributed by atoms with Crippen LogP contribution in [-0.4, -0.2) is 12.1 Å². The SMILES string of the molecule is CCC(=Cc1ccc(Cl)c(Cl)c1)CNC(C)(C)C. The Bertz CT molecular complexity index is 431. The highest BCUT2D eigenvalue weighted by atomic mass is 35.5. The van der Waals surface area contributed by atoms with Gasteiger partial charge in [-0.15, -0.1) is 0 Å². The van der Waals surface area contributed by atoms with Gasteiger partial charge in [0.05, 0.1) is 10.0 Å².